The van der Waals surface area contributed by atoms with Gasteiger partial charge in [-0.1, -0.05) is 6.07 Å². The SMILES string of the molecule is O=C(Nc1cccc(F)c1C(=O)O)c1c[nH]c(=O)[nH]1. The zero-order chi connectivity index (χ0) is 14.0. The van der Waals surface area contributed by atoms with Crippen LogP contribution >= 0.6 is 0 Å². The minimum Gasteiger partial charge on any atom is -0.478 e. The number of halogens is 1. The maximum atomic E-state index is 13.4. The quantitative estimate of drug-likeness (QED) is 0.656. The van der Waals surface area contributed by atoms with Crippen LogP contribution in [0.2, 0.25) is 0 Å². The molecule has 1 aromatic carbocycles. The molecule has 1 heterocycles. The maximum absolute atomic E-state index is 13.4. The minimum atomic E-state index is -1.50. The Morgan fingerprint density at radius 3 is 2.63 bits per heavy atom. The summed E-state index contributed by atoms with van der Waals surface area (Å²) in [5, 5.41) is 11.1. The van der Waals surface area contributed by atoms with Crippen LogP contribution in [0.3, 0.4) is 0 Å². The predicted octanol–water partition coefficient (Wildman–Crippen LogP) is 0.793. The number of aromatic nitrogens is 2. The number of carboxylic acids is 1. The Morgan fingerprint density at radius 1 is 1.32 bits per heavy atom. The first kappa shape index (κ1) is 12.6. The van der Waals surface area contributed by atoms with Gasteiger partial charge in [0.25, 0.3) is 5.91 Å². The van der Waals surface area contributed by atoms with Gasteiger partial charge in [0.05, 0.1) is 5.69 Å². The Labute approximate surface area is 105 Å². The Balaban J connectivity index is 2.34. The number of benzene rings is 1. The molecule has 0 saturated heterocycles. The molecular weight excluding hydrogens is 257 g/mol. The number of nitrogens with one attached hydrogen (secondary N) is 3. The van der Waals surface area contributed by atoms with Crippen LogP contribution in [-0.4, -0.2) is 27.0 Å². The van der Waals surface area contributed by atoms with Crippen LogP contribution in [0.5, 0.6) is 0 Å². The van der Waals surface area contributed by atoms with Crippen molar-refractivity contribution in [2.75, 3.05) is 5.32 Å². The lowest BCUT2D eigenvalue weighted by molar-refractivity contribution is 0.0693. The van der Waals surface area contributed by atoms with Gasteiger partial charge < -0.3 is 20.4 Å². The molecular formula is C11H8FN3O4. The van der Waals surface area contributed by atoms with Crippen molar-refractivity contribution in [2.24, 2.45) is 0 Å². The fraction of sp³-hybridized carbons (Fsp3) is 0. The summed E-state index contributed by atoms with van der Waals surface area (Å²) in [5.74, 6) is -3.23. The molecule has 0 unspecified atom stereocenters. The molecule has 8 heteroatoms. The van der Waals surface area contributed by atoms with Crippen molar-refractivity contribution < 1.29 is 19.1 Å². The van der Waals surface area contributed by atoms with E-state index in [0.29, 0.717) is 0 Å². The second-order valence-corrected chi connectivity index (χ2v) is 3.58. The molecule has 0 aliphatic carbocycles. The van der Waals surface area contributed by atoms with Crippen LogP contribution in [0.4, 0.5) is 10.1 Å². The third kappa shape index (κ3) is 2.51. The lowest BCUT2D eigenvalue weighted by atomic mass is 10.1. The Hall–Kier alpha value is -2.90. The average Bonchev–Trinajstić information content (AvgIpc) is 2.75. The van der Waals surface area contributed by atoms with E-state index in [-0.39, 0.29) is 11.4 Å². The van der Waals surface area contributed by atoms with Crippen LogP contribution in [0.15, 0.2) is 29.2 Å². The van der Waals surface area contributed by atoms with Gasteiger partial charge in [-0.25, -0.2) is 14.0 Å². The molecule has 98 valence electrons. The second kappa shape index (κ2) is 4.77. The number of amides is 1. The number of carbonyl (C=O) groups excluding carboxylic acids is 1. The number of carboxylic acid groups (broad SMARTS) is 1. The maximum Gasteiger partial charge on any atom is 0.340 e. The van der Waals surface area contributed by atoms with E-state index in [0.717, 1.165) is 12.3 Å². The molecule has 0 atom stereocenters. The average molecular weight is 265 g/mol. The van der Waals surface area contributed by atoms with Gasteiger partial charge in [-0.3, -0.25) is 4.79 Å². The fourth-order valence-electron chi connectivity index (χ4n) is 1.49. The van der Waals surface area contributed by atoms with E-state index in [1.54, 1.807) is 0 Å². The highest BCUT2D eigenvalue weighted by Gasteiger charge is 2.18. The Morgan fingerprint density at radius 2 is 2.05 bits per heavy atom. The molecule has 0 spiro atoms. The molecule has 19 heavy (non-hydrogen) atoms. The highest BCUT2D eigenvalue weighted by atomic mass is 19.1. The molecule has 0 bridgehead atoms. The van der Waals surface area contributed by atoms with E-state index in [1.165, 1.54) is 12.1 Å². The number of rotatable bonds is 3. The largest absolute Gasteiger partial charge is 0.478 e. The predicted molar refractivity (Wildman–Crippen MR) is 62.7 cm³/mol. The third-order valence-electron chi connectivity index (χ3n) is 2.32. The molecule has 0 aliphatic rings. The van der Waals surface area contributed by atoms with Crippen LogP contribution in [0.25, 0.3) is 0 Å². The molecule has 0 fully saturated rings. The van der Waals surface area contributed by atoms with Crippen molar-refractivity contribution >= 4 is 17.6 Å². The van der Waals surface area contributed by atoms with E-state index in [2.05, 4.69) is 15.3 Å². The van der Waals surface area contributed by atoms with Crippen molar-refractivity contribution in [1.29, 1.82) is 0 Å². The summed E-state index contributed by atoms with van der Waals surface area (Å²) in [4.78, 5) is 37.9. The standard InChI is InChI=1S/C11H8FN3O4/c12-5-2-1-3-6(8(5)10(17)18)14-9(16)7-4-13-11(19)15-7/h1-4H,(H,14,16)(H,17,18)(H2,13,15,19). The Bertz CT molecular complexity index is 704. The number of imidazole rings is 1. The molecule has 4 N–H and O–H groups in total. The molecule has 7 nitrogen and oxygen atoms in total. The molecule has 0 radical (unpaired) electrons. The summed E-state index contributed by atoms with van der Waals surface area (Å²) in [6.07, 6.45) is 1.12. The van der Waals surface area contributed by atoms with Gasteiger partial charge in [-0.05, 0) is 12.1 Å². The van der Waals surface area contributed by atoms with Crippen LogP contribution in [-0.2, 0) is 0 Å². The zero-order valence-electron chi connectivity index (χ0n) is 9.36. The summed E-state index contributed by atoms with van der Waals surface area (Å²) in [5.41, 5.74) is -1.51. The molecule has 1 aromatic heterocycles. The second-order valence-electron chi connectivity index (χ2n) is 3.58. The van der Waals surface area contributed by atoms with Gasteiger partial charge in [0.1, 0.15) is 17.1 Å². The summed E-state index contributed by atoms with van der Waals surface area (Å²) >= 11 is 0. The summed E-state index contributed by atoms with van der Waals surface area (Å²) in [6.45, 7) is 0. The van der Waals surface area contributed by atoms with Crippen molar-refractivity contribution in [3.63, 3.8) is 0 Å². The number of anilines is 1. The molecule has 0 aliphatic heterocycles. The van der Waals surface area contributed by atoms with E-state index in [9.17, 15) is 18.8 Å². The van der Waals surface area contributed by atoms with Crippen LogP contribution in [0.1, 0.15) is 20.8 Å². The lowest BCUT2D eigenvalue weighted by Crippen LogP contribution is -2.17. The highest BCUT2D eigenvalue weighted by molar-refractivity contribution is 6.06. The highest BCUT2D eigenvalue weighted by Crippen LogP contribution is 2.19. The third-order valence-corrected chi connectivity index (χ3v) is 2.32. The lowest BCUT2D eigenvalue weighted by Gasteiger charge is -2.07. The first-order valence-electron chi connectivity index (χ1n) is 5.10. The number of H-pyrrole nitrogens is 2. The van der Waals surface area contributed by atoms with Gasteiger partial charge in [-0.2, -0.15) is 0 Å². The first-order valence-corrected chi connectivity index (χ1v) is 5.10. The molecule has 2 rings (SSSR count). The first-order chi connectivity index (χ1) is 8.99. The minimum absolute atomic E-state index is 0.0920. The molecule has 0 saturated carbocycles. The summed E-state index contributed by atoms with van der Waals surface area (Å²) in [6, 6.07) is 3.48. The Kier molecular flexibility index (Phi) is 3.15. The van der Waals surface area contributed by atoms with Gasteiger partial charge >= 0.3 is 11.7 Å². The van der Waals surface area contributed by atoms with Gasteiger partial charge in [-0.15, -0.1) is 0 Å². The summed E-state index contributed by atoms with van der Waals surface area (Å²) < 4.78 is 13.4. The van der Waals surface area contributed by atoms with Crippen molar-refractivity contribution in [2.45, 2.75) is 0 Å². The monoisotopic (exact) mass is 265 g/mol. The number of hydrogen-bond donors (Lipinski definition) is 4. The van der Waals surface area contributed by atoms with E-state index in [4.69, 9.17) is 5.11 Å². The van der Waals surface area contributed by atoms with E-state index in [1.807, 2.05) is 0 Å². The van der Waals surface area contributed by atoms with Crippen molar-refractivity contribution in [1.82, 2.24) is 9.97 Å². The smallest absolute Gasteiger partial charge is 0.340 e. The normalized spacial score (nSPS) is 10.2. The summed E-state index contributed by atoms with van der Waals surface area (Å²) in [7, 11) is 0. The van der Waals surface area contributed by atoms with Gasteiger partial charge in [0.15, 0.2) is 0 Å². The van der Waals surface area contributed by atoms with E-state index < -0.39 is 28.9 Å². The van der Waals surface area contributed by atoms with Crippen LogP contribution < -0.4 is 11.0 Å². The zero-order valence-corrected chi connectivity index (χ0v) is 9.36. The number of hydrogen-bond acceptors (Lipinski definition) is 3. The van der Waals surface area contributed by atoms with Crippen LogP contribution in [0, 0.1) is 5.82 Å². The number of carbonyl (C=O) groups is 2. The van der Waals surface area contributed by atoms with Crippen molar-refractivity contribution in [3.8, 4) is 0 Å². The molecule has 2 aromatic rings. The molecule has 1 amide bonds. The van der Waals surface area contributed by atoms with E-state index >= 15 is 0 Å². The number of aromatic carboxylic acids is 1. The van der Waals surface area contributed by atoms with Crippen molar-refractivity contribution in [3.05, 3.63) is 52.0 Å². The number of aromatic amines is 2. The topological polar surface area (TPSA) is 115 Å². The fourth-order valence-corrected chi connectivity index (χ4v) is 1.49. The van der Waals surface area contributed by atoms with Gasteiger partial charge in [0, 0.05) is 6.20 Å². The van der Waals surface area contributed by atoms with Gasteiger partial charge in [0.2, 0.25) is 0 Å².